The molecule has 3 heteroatoms. The first-order valence-corrected chi connectivity index (χ1v) is 2.78. The molecule has 0 aliphatic heterocycles. The van der Waals surface area contributed by atoms with Crippen molar-refractivity contribution in [2.45, 2.75) is 13.3 Å². The van der Waals surface area contributed by atoms with Gasteiger partial charge in [-0.25, -0.2) is 9.78 Å². The van der Waals surface area contributed by atoms with Crippen LogP contribution >= 0.6 is 0 Å². The third kappa shape index (κ3) is 1.38. The first kappa shape index (κ1) is 6.01. The van der Waals surface area contributed by atoms with Gasteiger partial charge in [-0.1, -0.05) is 6.92 Å². The Morgan fingerprint density at radius 3 is 3.00 bits per heavy atom. The van der Waals surface area contributed by atoms with Crippen molar-refractivity contribution in [3.05, 3.63) is 28.6 Å². The summed E-state index contributed by atoms with van der Waals surface area (Å²) in [5.41, 5.74) is -0.332. The van der Waals surface area contributed by atoms with Gasteiger partial charge < -0.3 is 4.42 Å². The number of aromatic nitrogens is 1. The monoisotopic (exact) mass is 125 g/mol. The van der Waals surface area contributed by atoms with Crippen LogP contribution < -0.4 is 5.63 Å². The zero-order valence-electron chi connectivity index (χ0n) is 5.13. The summed E-state index contributed by atoms with van der Waals surface area (Å²) in [6.45, 7) is 1.88. The Morgan fingerprint density at radius 2 is 2.56 bits per heavy atom. The van der Waals surface area contributed by atoms with Crippen LogP contribution in [0.5, 0.6) is 0 Å². The van der Waals surface area contributed by atoms with Gasteiger partial charge in [0, 0.05) is 18.7 Å². The van der Waals surface area contributed by atoms with E-state index in [0.29, 0.717) is 12.3 Å². The predicted octanol–water partition coefficient (Wildman–Crippen LogP) is 0.597. The van der Waals surface area contributed by atoms with Crippen LogP contribution in [-0.2, 0) is 6.42 Å². The van der Waals surface area contributed by atoms with Crippen LogP contribution in [0.4, 0.5) is 0 Å². The van der Waals surface area contributed by atoms with Crippen LogP contribution in [0, 0.1) is 0 Å². The van der Waals surface area contributed by atoms with Gasteiger partial charge in [0.2, 0.25) is 0 Å². The molecule has 0 aromatic carbocycles. The molecule has 48 valence electrons. The van der Waals surface area contributed by atoms with Gasteiger partial charge in [0.05, 0.1) is 0 Å². The first-order valence-electron chi connectivity index (χ1n) is 2.78. The highest BCUT2D eigenvalue weighted by atomic mass is 16.4. The maximum Gasteiger partial charge on any atom is 0.338 e. The molecule has 0 amide bonds. The molecule has 1 aromatic heterocycles. The van der Waals surface area contributed by atoms with Crippen molar-refractivity contribution in [1.29, 1.82) is 0 Å². The molecule has 0 fully saturated rings. The fraction of sp³-hybridized carbons (Fsp3) is 0.333. The summed E-state index contributed by atoms with van der Waals surface area (Å²) in [6.07, 6.45) is 2.11. The van der Waals surface area contributed by atoms with Crippen LogP contribution in [0.25, 0.3) is 0 Å². The molecule has 0 aliphatic carbocycles. The zero-order chi connectivity index (χ0) is 6.69. The van der Waals surface area contributed by atoms with E-state index in [1.165, 1.54) is 12.3 Å². The normalized spacial score (nSPS) is 9.44. The summed E-state index contributed by atoms with van der Waals surface area (Å²) in [5.74, 6) is 0.488. The average molecular weight is 125 g/mol. The molecule has 3 nitrogen and oxygen atoms in total. The number of hydrogen-bond acceptors (Lipinski definition) is 3. The molecule has 1 aromatic rings. The van der Waals surface area contributed by atoms with Crippen LogP contribution in [0.1, 0.15) is 12.8 Å². The Bertz CT molecular complexity index is 241. The van der Waals surface area contributed by atoms with Gasteiger partial charge in [0.25, 0.3) is 0 Å². The third-order valence-corrected chi connectivity index (χ3v) is 0.950. The SMILES string of the molecule is CCc1nccc(=O)o1. The Kier molecular flexibility index (Phi) is 1.63. The fourth-order valence-corrected chi connectivity index (χ4v) is 0.521. The molecule has 1 rings (SSSR count). The van der Waals surface area contributed by atoms with E-state index < -0.39 is 0 Å². The van der Waals surface area contributed by atoms with E-state index >= 15 is 0 Å². The Labute approximate surface area is 52.3 Å². The second kappa shape index (κ2) is 2.44. The molecule has 0 saturated heterocycles. The van der Waals surface area contributed by atoms with Crippen LogP contribution in [0.2, 0.25) is 0 Å². The van der Waals surface area contributed by atoms with Crippen molar-refractivity contribution in [2.24, 2.45) is 0 Å². The summed E-state index contributed by atoms with van der Waals surface area (Å²) in [7, 11) is 0. The Balaban J connectivity index is 3.08. The first-order chi connectivity index (χ1) is 4.33. The summed E-state index contributed by atoms with van der Waals surface area (Å²) in [5, 5.41) is 0. The molecule has 0 radical (unpaired) electrons. The summed E-state index contributed by atoms with van der Waals surface area (Å²) < 4.78 is 4.66. The Hall–Kier alpha value is -1.12. The topological polar surface area (TPSA) is 43.1 Å². The molecular weight excluding hydrogens is 118 g/mol. The molecule has 0 saturated carbocycles. The van der Waals surface area contributed by atoms with E-state index in [2.05, 4.69) is 9.40 Å². The highest BCUT2D eigenvalue weighted by Crippen LogP contribution is 1.86. The number of nitrogens with zero attached hydrogens (tertiary/aromatic N) is 1. The maximum absolute atomic E-state index is 10.4. The van der Waals surface area contributed by atoms with Crippen LogP contribution in [0.3, 0.4) is 0 Å². The van der Waals surface area contributed by atoms with Gasteiger partial charge in [0.1, 0.15) is 0 Å². The highest BCUT2D eigenvalue weighted by molar-refractivity contribution is 4.81. The van der Waals surface area contributed by atoms with Crippen molar-refractivity contribution in [3.8, 4) is 0 Å². The second-order valence-corrected chi connectivity index (χ2v) is 1.61. The fourth-order valence-electron chi connectivity index (χ4n) is 0.521. The molecule has 0 spiro atoms. The summed E-state index contributed by atoms with van der Waals surface area (Å²) >= 11 is 0. The lowest BCUT2D eigenvalue weighted by molar-refractivity contribution is 0.440. The third-order valence-electron chi connectivity index (χ3n) is 0.950. The van der Waals surface area contributed by atoms with E-state index in [0.717, 1.165) is 0 Å². The molecule has 9 heavy (non-hydrogen) atoms. The number of aryl methyl sites for hydroxylation is 1. The van der Waals surface area contributed by atoms with Gasteiger partial charge in [-0.15, -0.1) is 0 Å². The summed E-state index contributed by atoms with van der Waals surface area (Å²) in [4.78, 5) is 14.2. The number of hydrogen-bond donors (Lipinski definition) is 0. The highest BCUT2D eigenvalue weighted by Gasteiger charge is 1.90. The quantitative estimate of drug-likeness (QED) is 0.552. The molecule has 1 heterocycles. The lowest BCUT2D eigenvalue weighted by atomic mass is 10.5. The number of rotatable bonds is 1. The lowest BCUT2D eigenvalue weighted by Gasteiger charge is -1.87. The minimum absolute atomic E-state index is 0.332. The van der Waals surface area contributed by atoms with Crippen LogP contribution in [0.15, 0.2) is 21.5 Å². The van der Waals surface area contributed by atoms with Crippen LogP contribution in [-0.4, -0.2) is 4.98 Å². The standard InChI is InChI=1S/C6H7NO2/c1-2-5-7-4-3-6(8)9-5/h3-4H,2H2,1H3. The minimum Gasteiger partial charge on any atom is -0.408 e. The van der Waals surface area contributed by atoms with E-state index in [1.54, 1.807) is 0 Å². The maximum atomic E-state index is 10.4. The van der Waals surface area contributed by atoms with E-state index in [4.69, 9.17) is 0 Å². The molecule has 0 aliphatic rings. The van der Waals surface area contributed by atoms with Gasteiger partial charge in [-0.05, 0) is 0 Å². The van der Waals surface area contributed by atoms with Crippen molar-refractivity contribution in [2.75, 3.05) is 0 Å². The lowest BCUT2D eigenvalue weighted by Crippen LogP contribution is -1.99. The molecular formula is C6H7NO2. The minimum atomic E-state index is -0.332. The van der Waals surface area contributed by atoms with Crippen molar-refractivity contribution in [1.82, 2.24) is 4.98 Å². The van der Waals surface area contributed by atoms with Gasteiger partial charge in [-0.2, -0.15) is 0 Å². The summed E-state index contributed by atoms with van der Waals surface area (Å²) in [6, 6.07) is 1.29. The van der Waals surface area contributed by atoms with E-state index in [-0.39, 0.29) is 5.63 Å². The van der Waals surface area contributed by atoms with Gasteiger partial charge in [-0.3, -0.25) is 0 Å². The predicted molar refractivity (Wildman–Crippen MR) is 32.2 cm³/mol. The van der Waals surface area contributed by atoms with Crippen molar-refractivity contribution < 1.29 is 4.42 Å². The molecule has 0 atom stereocenters. The van der Waals surface area contributed by atoms with Gasteiger partial charge >= 0.3 is 5.63 Å². The van der Waals surface area contributed by atoms with Crippen molar-refractivity contribution in [3.63, 3.8) is 0 Å². The molecule has 0 N–H and O–H groups in total. The van der Waals surface area contributed by atoms with Gasteiger partial charge in [0.15, 0.2) is 5.89 Å². The Morgan fingerprint density at radius 1 is 1.78 bits per heavy atom. The second-order valence-electron chi connectivity index (χ2n) is 1.61. The van der Waals surface area contributed by atoms with E-state index in [9.17, 15) is 4.79 Å². The average Bonchev–Trinajstić information content (AvgIpc) is 1.88. The molecule has 0 unspecified atom stereocenters. The molecule has 0 bridgehead atoms. The smallest absolute Gasteiger partial charge is 0.338 e. The van der Waals surface area contributed by atoms with Crippen molar-refractivity contribution >= 4 is 0 Å². The zero-order valence-corrected chi connectivity index (χ0v) is 5.13. The van der Waals surface area contributed by atoms with E-state index in [1.807, 2.05) is 6.92 Å². The largest absolute Gasteiger partial charge is 0.408 e.